The molecule has 1 saturated carbocycles. The van der Waals surface area contributed by atoms with E-state index in [2.05, 4.69) is 22.5 Å². The Hall–Kier alpha value is -1.16. The molecule has 1 aromatic rings. The predicted octanol–water partition coefficient (Wildman–Crippen LogP) is 1.52. The van der Waals surface area contributed by atoms with Crippen molar-refractivity contribution in [2.45, 2.75) is 32.4 Å². The number of aromatic nitrogens is 1. The van der Waals surface area contributed by atoms with Gasteiger partial charge in [-0.1, -0.05) is 0 Å². The second-order valence-electron chi connectivity index (χ2n) is 3.90. The molecular formula is C11H15N3S. The van der Waals surface area contributed by atoms with E-state index >= 15 is 0 Å². The fourth-order valence-electron chi connectivity index (χ4n) is 1.34. The molecule has 3 nitrogen and oxygen atoms in total. The summed E-state index contributed by atoms with van der Waals surface area (Å²) in [5.41, 5.74) is 2.43. The van der Waals surface area contributed by atoms with Crippen molar-refractivity contribution in [2.75, 3.05) is 0 Å². The van der Waals surface area contributed by atoms with Crippen LogP contribution in [0.25, 0.3) is 0 Å². The molecule has 0 saturated heterocycles. The molecule has 0 radical (unpaired) electrons. The van der Waals surface area contributed by atoms with Crippen LogP contribution >= 0.6 is 12.2 Å². The van der Waals surface area contributed by atoms with Crippen LogP contribution in [0.2, 0.25) is 0 Å². The van der Waals surface area contributed by atoms with Crippen molar-refractivity contribution < 1.29 is 0 Å². The summed E-state index contributed by atoms with van der Waals surface area (Å²) in [6, 6.07) is 2.63. The first kappa shape index (κ1) is 10.4. The number of hydrogen-bond acceptors (Lipinski definition) is 2. The highest BCUT2D eigenvalue weighted by Gasteiger charge is 2.21. The summed E-state index contributed by atoms with van der Waals surface area (Å²) in [4.78, 5) is 4.05. The number of nitrogens with zero attached hydrogens (tertiary/aromatic N) is 1. The molecule has 4 heteroatoms. The lowest BCUT2D eigenvalue weighted by Crippen LogP contribution is -2.36. The van der Waals surface area contributed by atoms with E-state index in [0.717, 1.165) is 11.7 Å². The van der Waals surface area contributed by atoms with E-state index in [-0.39, 0.29) is 0 Å². The third-order valence-electron chi connectivity index (χ3n) is 2.49. The minimum Gasteiger partial charge on any atom is -0.360 e. The molecule has 80 valence electrons. The molecule has 1 aliphatic rings. The van der Waals surface area contributed by atoms with Crippen LogP contribution in [-0.2, 0) is 6.54 Å². The van der Waals surface area contributed by atoms with Crippen LogP contribution in [0.5, 0.6) is 0 Å². The second kappa shape index (κ2) is 4.57. The van der Waals surface area contributed by atoms with E-state index in [4.69, 9.17) is 12.2 Å². The van der Waals surface area contributed by atoms with Gasteiger partial charge in [-0.25, -0.2) is 0 Å². The molecule has 2 rings (SSSR count). The Bertz CT molecular complexity index is 361. The number of thiocarbonyl (C=S) groups is 1. The van der Waals surface area contributed by atoms with Crippen molar-refractivity contribution in [1.82, 2.24) is 15.6 Å². The highest BCUT2D eigenvalue weighted by Crippen LogP contribution is 2.18. The zero-order valence-corrected chi connectivity index (χ0v) is 9.60. The molecule has 1 heterocycles. The van der Waals surface area contributed by atoms with Gasteiger partial charge in [0, 0.05) is 25.0 Å². The zero-order chi connectivity index (χ0) is 10.7. The first-order chi connectivity index (χ1) is 7.25. The standard InChI is InChI=1S/C11H15N3S/c1-8-6-12-5-4-9(8)7-13-11(15)14-10-2-3-10/h4-6,10H,2-3,7H2,1H3,(H2,13,14,15). The fourth-order valence-corrected chi connectivity index (χ4v) is 1.58. The number of hydrogen-bond donors (Lipinski definition) is 2. The van der Waals surface area contributed by atoms with Crippen LogP contribution in [-0.4, -0.2) is 16.1 Å². The zero-order valence-electron chi connectivity index (χ0n) is 8.79. The molecule has 1 aliphatic carbocycles. The first-order valence-corrected chi connectivity index (χ1v) is 5.60. The lowest BCUT2D eigenvalue weighted by Gasteiger charge is -2.10. The maximum Gasteiger partial charge on any atom is 0.166 e. The summed E-state index contributed by atoms with van der Waals surface area (Å²) in [5.74, 6) is 0. The molecule has 0 aromatic carbocycles. The Labute approximate surface area is 95.3 Å². The number of rotatable bonds is 3. The average Bonchev–Trinajstić information content (AvgIpc) is 3.00. The third-order valence-corrected chi connectivity index (χ3v) is 2.75. The predicted molar refractivity (Wildman–Crippen MR) is 64.6 cm³/mol. The van der Waals surface area contributed by atoms with E-state index in [1.807, 2.05) is 12.3 Å². The fraction of sp³-hybridized carbons (Fsp3) is 0.455. The van der Waals surface area contributed by atoms with E-state index in [1.165, 1.54) is 24.0 Å². The van der Waals surface area contributed by atoms with Crippen LogP contribution in [0, 0.1) is 6.92 Å². The van der Waals surface area contributed by atoms with Crippen LogP contribution < -0.4 is 10.6 Å². The Balaban J connectivity index is 1.81. The van der Waals surface area contributed by atoms with Crippen molar-refractivity contribution in [2.24, 2.45) is 0 Å². The summed E-state index contributed by atoms with van der Waals surface area (Å²) in [7, 11) is 0. The molecule has 2 N–H and O–H groups in total. The second-order valence-corrected chi connectivity index (χ2v) is 4.31. The topological polar surface area (TPSA) is 37.0 Å². The van der Waals surface area contributed by atoms with Crippen molar-refractivity contribution in [3.63, 3.8) is 0 Å². The first-order valence-electron chi connectivity index (χ1n) is 5.19. The quantitative estimate of drug-likeness (QED) is 0.759. The Morgan fingerprint density at radius 3 is 3.07 bits per heavy atom. The molecule has 0 amide bonds. The van der Waals surface area contributed by atoms with Gasteiger partial charge >= 0.3 is 0 Å². The van der Waals surface area contributed by atoms with Gasteiger partial charge in [0.05, 0.1) is 0 Å². The van der Waals surface area contributed by atoms with Gasteiger partial charge in [0.2, 0.25) is 0 Å². The lowest BCUT2D eigenvalue weighted by atomic mass is 10.1. The van der Waals surface area contributed by atoms with Crippen LogP contribution in [0.1, 0.15) is 24.0 Å². The molecule has 0 bridgehead atoms. The van der Waals surface area contributed by atoms with Crippen molar-refractivity contribution in [3.05, 3.63) is 29.6 Å². The lowest BCUT2D eigenvalue weighted by molar-refractivity contribution is 0.824. The minimum absolute atomic E-state index is 0.614. The van der Waals surface area contributed by atoms with Crippen LogP contribution in [0.3, 0.4) is 0 Å². The van der Waals surface area contributed by atoms with E-state index in [1.54, 1.807) is 6.20 Å². The Morgan fingerprint density at radius 1 is 1.60 bits per heavy atom. The van der Waals surface area contributed by atoms with Gasteiger partial charge in [-0.15, -0.1) is 0 Å². The summed E-state index contributed by atoms with van der Waals surface area (Å²) in [6.07, 6.45) is 6.17. The average molecular weight is 221 g/mol. The van der Waals surface area contributed by atoms with E-state index in [9.17, 15) is 0 Å². The van der Waals surface area contributed by atoms with E-state index in [0.29, 0.717) is 6.04 Å². The Kier molecular flexibility index (Phi) is 3.16. The molecule has 0 spiro atoms. The van der Waals surface area contributed by atoms with Gasteiger partial charge in [-0.3, -0.25) is 4.98 Å². The smallest absolute Gasteiger partial charge is 0.166 e. The van der Waals surface area contributed by atoms with Crippen molar-refractivity contribution in [1.29, 1.82) is 0 Å². The maximum atomic E-state index is 5.17. The minimum atomic E-state index is 0.614. The normalized spacial score (nSPS) is 14.7. The van der Waals surface area contributed by atoms with Gasteiger partial charge in [-0.2, -0.15) is 0 Å². The molecule has 0 aliphatic heterocycles. The maximum absolute atomic E-state index is 5.17. The molecule has 0 unspecified atom stereocenters. The van der Waals surface area contributed by atoms with Crippen LogP contribution in [0.15, 0.2) is 18.5 Å². The van der Waals surface area contributed by atoms with Crippen molar-refractivity contribution in [3.8, 4) is 0 Å². The summed E-state index contributed by atoms with van der Waals surface area (Å²) in [6.45, 7) is 2.83. The van der Waals surface area contributed by atoms with Gasteiger partial charge < -0.3 is 10.6 Å². The number of aryl methyl sites for hydroxylation is 1. The summed E-state index contributed by atoms with van der Waals surface area (Å²) in [5, 5.41) is 7.21. The third kappa shape index (κ3) is 3.16. The molecule has 1 fully saturated rings. The number of nitrogens with one attached hydrogen (secondary N) is 2. The van der Waals surface area contributed by atoms with Crippen molar-refractivity contribution >= 4 is 17.3 Å². The SMILES string of the molecule is Cc1cnccc1CNC(=S)NC1CC1. The molecular weight excluding hydrogens is 206 g/mol. The van der Waals surface area contributed by atoms with Crippen LogP contribution in [0.4, 0.5) is 0 Å². The largest absolute Gasteiger partial charge is 0.360 e. The highest BCUT2D eigenvalue weighted by molar-refractivity contribution is 7.80. The van der Waals surface area contributed by atoms with E-state index < -0.39 is 0 Å². The monoisotopic (exact) mass is 221 g/mol. The Morgan fingerprint density at radius 2 is 2.40 bits per heavy atom. The highest BCUT2D eigenvalue weighted by atomic mass is 32.1. The molecule has 15 heavy (non-hydrogen) atoms. The summed E-state index contributed by atoms with van der Waals surface area (Å²) < 4.78 is 0. The van der Waals surface area contributed by atoms with Gasteiger partial charge in [-0.05, 0) is 49.2 Å². The summed E-state index contributed by atoms with van der Waals surface area (Å²) >= 11 is 5.17. The molecule has 0 atom stereocenters. The van der Waals surface area contributed by atoms with Gasteiger partial charge in [0.25, 0.3) is 0 Å². The van der Waals surface area contributed by atoms with Gasteiger partial charge in [0.1, 0.15) is 0 Å². The van der Waals surface area contributed by atoms with Gasteiger partial charge in [0.15, 0.2) is 5.11 Å². The number of pyridine rings is 1. The molecule has 1 aromatic heterocycles.